The molecule has 7 N–H and O–H groups in total. The zero-order chi connectivity index (χ0) is 86.6. The molecule has 4 aliphatic rings. The van der Waals surface area contributed by atoms with Gasteiger partial charge in [0.1, 0.15) is 80.1 Å². The first-order valence-corrected chi connectivity index (χ1v) is 44.5. The molecule has 0 bridgehead atoms. The molecule has 0 spiro atoms. The van der Waals surface area contributed by atoms with Crippen molar-refractivity contribution in [2.75, 3.05) is 4.43 Å². The van der Waals surface area contributed by atoms with Gasteiger partial charge >= 0.3 is 26.0 Å². The third-order valence-electron chi connectivity index (χ3n) is 21.0. The van der Waals surface area contributed by atoms with Crippen LogP contribution in [-0.4, -0.2) is 135 Å². The second kappa shape index (κ2) is 43.5. The molecule has 0 unspecified atom stereocenters. The summed E-state index contributed by atoms with van der Waals surface area (Å²) in [6, 6.07) is 19.5. The molecule has 3 amide bonds. The molecule has 24 nitrogen and oxygen atoms in total. The zero-order valence-corrected chi connectivity index (χ0v) is 76.4. The van der Waals surface area contributed by atoms with Gasteiger partial charge in [-0.15, -0.1) is 0 Å². The molecule has 8 aromatic heterocycles. The standard InChI is InChI=1S/C25H31FN4O2.C20H23FN4.C19H27BrN4O2.C12H22INO2.C6H5BFO2.C6H3BrClN3/c1-16-27-13-21-22(18-7-9-19(26)10-8-18)15-30(23(21)28-16)14-17-5-11-20(12-6-17)29-24(31)32-25(2,3)4;1-13-23-10-18-19(15-4-6-16(21)7-5-15)12-25(20(18)24-13)11-14-2-8-17(22)9-3-14;1-12-21-9-15-16(20)11-24(17(15)22-12)10-13-5-7-14(8-6-13)23-18(25)26-19(2,3)4;1-12(2,3)16-11(15)14-10-6-4-9(8-13)5-7-10;8-5-1-3-6(4-2-5)10-7-9;7-4-2-9-5-3(4)1-10-6(8)11-5/h7-10,13,15,17,20H,5-6,11-12,14H2,1-4H3,(H,29,31);4-7,10,12,14,17H,2-3,8-9,11,22H2,1H3;9,11,13-14H,5-8,10H2,1-4H3,(H,23,25);9-10H,4-8H2,1-3H3,(H,14,15);1-4,9H;1-2H,(H,9,10,11). The highest BCUT2D eigenvalue weighted by molar-refractivity contribution is 14.1. The lowest BCUT2D eigenvalue weighted by Gasteiger charge is -2.30. The molecule has 3 aromatic carbocycles. The van der Waals surface area contributed by atoms with Crippen molar-refractivity contribution < 1.29 is 51.4 Å². The van der Waals surface area contributed by atoms with E-state index in [2.05, 4.69) is 147 Å². The number of ether oxygens (including phenoxy) is 3. The molecule has 4 aliphatic carbocycles. The van der Waals surface area contributed by atoms with Crippen LogP contribution < -0.4 is 26.3 Å². The molecular formula is C88H111BBr2ClF3IN16O8. The number of alkyl carbamates (subject to hydrolysis) is 3. The number of aromatic amines is 1. The second-order valence-corrected chi connectivity index (χ2v) is 37.2. The highest BCUT2D eigenvalue weighted by atomic mass is 127. The Bertz CT molecular complexity index is 5150. The van der Waals surface area contributed by atoms with Crippen molar-refractivity contribution in [1.82, 2.24) is 74.5 Å². The van der Waals surface area contributed by atoms with Gasteiger partial charge in [-0.25, -0.2) is 62.4 Å². The molecule has 0 atom stereocenters. The van der Waals surface area contributed by atoms with Crippen molar-refractivity contribution in [2.45, 2.75) is 246 Å². The maximum Gasteiger partial charge on any atom is 0.569 e. The lowest BCUT2D eigenvalue weighted by atomic mass is 9.86. The highest BCUT2D eigenvalue weighted by Gasteiger charge is 2.30. The minimum Gasteiger partial charge on any atom is -0.537 e. The van der Waals surface area contributed by atoms with Crippen molar-refractivity contribution in [3.05, 3.63) is 172 Å². The molecule has 4 saturated carbocycles. The highest BCUT2D eigenvalue weighted by Crippen LogP contribution is 2.37. The SMILES string of the molecule is CC(C)(C)OC(=O)NC1CCC(CI)CC1.Cc1ncc2c(-c3ccc(F)cc3)cn(CC3CCC(N)CC3)c2n1.Cc1ncc2c(-c3ccc(F)cc3)cn(CC3CCC(NC(=O)OC(C)(C)C)CC3)c2n1.Cc1ncc2c(Br)cn(CC3CCC(NC(=O)OC(C)(C)C)CC3)c2n1.Clc1ncc2c(Br)c[nH]c2n1.O[B]Oc1ccc(F)cc1. The minimum absolute atomic E-state index is 0.154. The lowest BCUT2D eigenvalue weighted by molar-refractivity contribution is 0.0474. The van der Waals surface area contributed by atoms with E-state index in [1.165, 1.54) is 65.8 Å². The Labute approximate surface area is 736 Å². The smallest absolute Gasteiger partial charge is 0.537 e. The fourth-order valence-corrected chi connectivity index (χ4v) is 17.0. The molecule has 643 valence electrons. The van der Waals surface area contributed by atoms with Gasteiger partial charge in [0.05, 0.1) is 10.8 Å². The summed E-state index contributed by atoms with van der Waals surface area (Å²) in [5, 5.41) is 21.4. The van der Waals surface area contributed by atoms with E-state index in [1.807, 2.05) is 114 Å². The Morgan fingerprint density at radius 2 is 0.842 bits per heavy atom. The summed E-state index contributed by atoms with van der Waals surface area (Å²) < 4.78 is 69.3. The minimum atomic E-state index is -0.487. The first-order chi connectivity index (χ1) is 57.0. The fraction of sp³-hybridized carbons (Fsp3) is 0.489. The summed E-state index contributed by atoms with van der Waals surface area (Å²) in [6.07, 6.45) is 31.7. The van der Waals surface area contributed by atoms with Crippen LogP contribution >= 0.6 is 66.1 Å². The quantitative estimate of drug-likeness (QED) is 0.0194. The summed E-state index contributed by atoms with van der Waals surface area (Å²) in [5.74, 6) is 4.45. The summed E-state index contributed by atoms with van der Waals surface area (Å²) in [4.78, 5) is 73.3. The molecule has 11 aromatic rings. The number of aromatic nitrogens is 12. The van der Waals surface area contributed by atoms with Crippen molar-refractivity contribution in [3.8, 4) is 28.0 Å². The third kappa shape index (κ3) is 29.1. The zero-order valence-electron chi connectivity index (χ0n) is 70.3. The summed E-state index contributed by atoms with van der Waals surface area (Å²) in [6.45, 7) is 25.4. The Balaban J connectivity index is 0.000000158. The number of hydrogen-bond acceptors (Lipinski definition) is 17. The van der Waals surface area contributed by atoms with Gasteiger partial charge in [-0.1, -0.05) is 46.9 Å². The largest absolute Gasteiger partial charge is 0.569 e. The first-order valence-electron chi connectivity index (χ1n) is 41.0. The van der Waals surface area contributed by atoms with Gasteiger partial charge < -0.3 is 64.3 Å². The number of H-pyrrole nitrogens is 1. The van der Waals surface area contributed by atoms with Crippen molar-refractivity contribution in [3.63, 3.8) is 0 Å². The van der Waals surface area contributed by atoms with Crippen LogP contribution in [0.1, 0.15) is 183 Å². The van der Waals surface area contributed by atoms with Crippen LogP contribution in [0.3, 0.4) is 0 Å². The van der Waals surface area contributed by atoms with Crippen LogP contribution in [0.2, 0.25) is 5.28 Å². The molecule has 0 saturated heterocycles. The summed E-state index contributed by atoms with van der Waals surface area (Å²) in [5.41, 5.74) is 12.3. The number of carbonyl (C=O) groups is 3. The molecule has 0 aliphatic heterocycles. The molecular weight excluding hydrogens is 1800 g/mol. The number of carbonyl (C=O) groups excluding carboxylic acids is 3. The van der Waals surface area contributed by atoms with Crippen molar-refractivity contribution >= 4 is 136 Å². The van der Waals surface area contributed by atoms with Gasteiger partial charge in [0.25, 0.3) is 0 Å². The van der Waals surface area contributed by atoms with E-state index >= 15 is 0 Å². The molecule has 8 heterocycles. The lowest BCUT2D eigenvalue weighted by Crippen LogP contribution is -2.41. The second-order valence-electron chi connectivity index (χ2n) is 34.2. The Morgan fingerprint density at radius 1 is 0.500 bits per heavy atom. The summed E-state index contributed by atoms with van der Waals surface area (Å²) >= 11 is 15.0. The number of benzene rings is 3. The predicted molar refractivity (Wildman–Crippen MR) is 481 cm³/mol. The van der Waals surface area contributed by atoms with Crippen LogP contribution in [0, 0.1) is 61.9 Å². The van der Waals surface area contributed by atoms with Gasteiger partial charge in [-0.3, -0.25) is 0 Å². The van der Waals surface area contributed by atoms with Gasteiger partial charge in [0, 0.05) is 129 Å². The summed E-state index contributed by atoms with van der Waals surface area (Å²) in [7, 11) is 0.549. The van der Waals surface area contributed by atoms with Gasteiger partial charge in [-0.2, -0.15) is 4.98 Å². The van der Waals surface area contributed by atoms with E-state index in [1.54, 1.807) is 24.5 Å². The Morgan fingerprint density at radius 3 is 1.22 bits per heavy atom. The van der Waals surface area contributed by atoms with E-state index < -0.39 is 16.8 Å². The number of nitrogens with one attached hydrogen (secondary N) is 4. The van der Waals surface area contributed by atoms with Crippen LogP contribution in [0.5, 0.6) is 5.75 Å². The first kappa shape index (κ1) is 93.8. The average Bonchev–Trinajstić information content (AvgIpc) is 1.64. The number of amides is 3. The number of aryl methyl sites for hydroxylation is 3. The van der Waals surface area contributed by atoms with Gasteiger partial charge in [0.2, 0.25) is 5.28 Å². The van der Waals surface area contributed by atoms with E-state index in [0.29, 0.717) is 43.3 Å². The molecule has 1 radical (unpaired) electrons. The molecule has 15 rings (SSSR count). The van der Waals surface area contributed by atoms with E-state index in [9.17, 15) is 27.6 Å². The molecule has 120 heavy (non-hydrogen) atoms. The number of halogens is 7. The van der Waals surface area contributed by atoms with Crippen LogP contribution in [0.15, 0.2) is 131 Å². The van der Waals surface area contributed by atoms with Crippen molar-refractivity contribution in [1.29, 1.82) is 0 Å². The maximum atomic E-state index is 13.4. The van der Waals surface area contributed by atoms with Crippen LogP contribution in [0.25, 0.3) is 66.4 Å². The van der Waals surface area contributed by atoms with Gasteiger partial charge in [0.15, 0.2) is 0 Å². The van der Waals surface area contributed by atoms with Crippen LogP contribution in [0.4, 0.5) is 27.6 Å². The Kier molecular flexibility index (Phi) is 34.0. The third-order valence-corrected chi connectivity index (χ3v) is 23.7. The number of rotatable bonds is 14. The molecule has 32 heteroatoms. The van der Waals surface area contributed by atoms with Crippen LogP contribution in [-0.2, 0) is 33.8 Å². The number of hydrogen-bond donors (Lipinski definition) is 6. The number of fused-ring (bicyclic) bond motifs is 4. The Hall–Kier alpha value is -8.50. The molecule has 4 fully saturated rings. The number of nitrogens with zero attached hydrogens (tertiary/aromatic N) is 11. The topological polar surface area (TPSA) is 304 Å². The average molecular weight is 1910 g/mol. The monoisotopic (exact) mass is 1910 g/mol. The van der Waals surface area contributed by atoms with Crippen molar-refractivity contribution in [2.24, 2.45) is 29.4 Å². The normalized spacial score (nSPS) is 19.2. The van der Waals surface area contributed by atoms with E-state index in [-0.39, 0.29) is 53.1 Å². The van der Waals surface area contributed by atoms with E-state index in [0.717, 1.165) is 208 Å². The number of nitrogens with two attached hydrogens (primary N) is 1. The fourth-order valence-electron chi connectivity index (χ4n) is 15.1. The number of alkyl halides is 1. The predicted octanol–water partition coefficient (Wildman–Crippen LogP) is 20.9. The van der Waals surface area contributed by atoms with E-state index in [4.69, 9.17) is 41.6 Å². The van der Waals surface area contributed by atoms with Gasteiger partial charge in [-0.05, 0) is 313 Å². The maximum absolute atomic E-state index is 13.4.